The lowest BCUT2D eigenvalue weighted by Gasteiger charge is -2.44. The van der Waals surface area contributed by atoms with Gasteiger partial charge in [0, 0.05) is 34.4 Å². The first-order valence-electron chi connectivity index (χ1n) is 20.1. The Morgan fingerprint density at radius 3 is 1.22 bits per heavy atom. The van der Waals surface area contributed by atoms with Gasteiger partial charge in [-0.05, 0) is 115 Å². The molecule has 2 fully saturated rings. The molecule has 2 aromatic carbocycles. The van der Waals surface area contributed by atoms with Crippen LogP contribution in [-0.2, 0) is 11.2 Å². The Morgan fingerprint density at radius 1 is 0.550 bits per heavy atom. The molecular formula is C45H50F6N2O7. The Labute approximate surface area is 345 Å². The summed E-state index contributed by atoms with van der Waals surface area (Å²) < 4.78 is 112. The third-order valence-electron chi connectivity index (χ3n) is 12.1. The first kappa shape index (κ1) is 44.3. The molecule has 324 valence electrons. The van der Waals surface area contributed by atoms with Gasteiger partial charge in [0.15, 0.2) is 23.0 Å². The van der Waals surface area contributed by atoms with Crippen molar-refractivity contribution in [2.75, 3.05) is 0 Å². The molecule has 2 heterocycles. The number of carbonyl (C=O) groups excluding carboxylic acids is 1. The predicted molar refractivity (Wildman–Crippen MR) is 210 cm³/mol. The standard InChI is InChI=1S/C45H50F6N2O7/c1-25-13-9-11-23-42(25,33-15-19-35(20-16-33)57-44(46,47)48)59-39-31(7)52-29(5)27(3)37(39)55-41(54)56-38-28(4)30(6)53-32(8)40(38)60-43(24-12-10-14-26(43)2)34-17-21-36(22-18-34)58-45(49,50)51/h15-22,25-26H,9-14,23-24H2,1-8H3. The van der Waals surface area contributed by atoms with E-state index in [1.54, 1.807) is 65.8 Å². The van der Waals surface area contributed by atoms with Gasteiger partial charge in [0.25, 0.3) is 0 Å². The summed E-state index contributed by atoms with van der Waals surface area (Å²) in [4.78, 5) is 23.5. The smallest absolute Gasteiger partial charge is 0.476 e. The average Bonchev–Trinajstić information content (AvgIpc) is 3.16. The topological polar surface area (TPSA) is 98.2 Å². The molecule has 15 heteroatoms. The van der Waals surface area contributed by atoms with Gasteiger partial charge in [0.2, 0.25) is 0 Å². The summed E-state index contributed by atoms with van der Waals surface area (Å²) in [6.45, 7) is 14.5. The lowest BCUT2D eigenvalue weighted by molar-refractivity contribution is -0.275. The molecule has 6 rings (SSSR count). The Morgan fingerprint density at radius 2 is 0.900 bits per heavy atom. The number of pyridine rings is 2. The average molecular weight is 845 g/mol. The summed E-state index contributed by atoms with van der Waals surface area (Å²) >= 11 is 0. The number of aryl methyl sites for hydroxylation is 4. The number of hydrogen-bond acceptors (Lipinski definition) is 9. The second kappa shape index (κ2) is 17.0. The van der Waals surface area contributed by atoms with Gasteiger partial charge < -0.3 is 28.4 Å². The van der Waals surface area contributed by atoms with Gasteiger partial charge >= 0.3 is 18.9 Å². The highest BCUT2D eigenvalue weighted by Gasteiger charge is 2.46. The van der Waals surface area contributed by atoms with Crippen molar-refractivity contribution >= 4 is 6.16 Å². The molecule has 2 aliphatic rings. The zero-order valence-electron chi connectivity index (χ0n) is 35.0. The molecule has 4 atom stereocenters. The van der Waals surface area contributed by atoms with E-state index in [0.717, 1.165) is 38.5 Å². The molecule has 60 heavy (non-hydrogen) atoms. The zero-order chi connectivity index (χ0) is 43.8. The maximum absolute atomic E-state index is 14.1. The van der Waals surface area contributed by atoms with E-state index in [0.29, 0.717) is 57.9 Å². The molecule has 0 spiro atoms. The number of benzene rings is 2. The SMILES string of the molecule is Cc1nc(C)c(OC2(c3ccc(OC(F)(F)F)cc3)CCCCC2C)c(OC(=O)Oc2c(C)c(C)nc(C)c2OC2(c3ccc(OC(F)(F)F)cc3)CCCCC2C)c1C. The van der Waals surface area contributed by atoms with Crippen LogP contribution in [0.1, 0.15) is 110 Å². The molecule has 2 saturated carbocycles. The fourth-order valence-electron chi connectivity index (χ4n) is 8.60. The molecule has 2 aromatic heterocycles. The highest BCUT2D eigenvalue weighted by atomic mass is 19.4. The molecule has 2 aliphatic carbocycles. The van der Waals surface area contributed by atoms with E-state index in [2.05, 4.69) is 19.4 Å². The van der Waals surface area contributed by atoms with Crippen molar-refractivity contribution in [1.29, 1.82) is 0 Å². The van der Waals surface area contributed by atoms with Crippen LogP contribution in [0.5, 0.6) is 34.5 Å². The number of nitrogens with zero attached hydrogens (tertiary/aromatic N) is 2. The van der Waals surface area contributed by atoms with E-state index in [9.17, 15) is 31.1 Å². The van der Waals surface area contributed by atoms with Crippen LogP contribution in [0.3, 0.4) is 0 Å². The number of rotatable bonds is 10. The minimum absolute atomic E-state index is 0.0698. The Kier molecular flexibility index (Phi) is 12.6. The highest BCUT2D eigenvalue weighted by molar-refractivity contribution is 5.72. The first-order chi connectivity index (χ1) is 28.1. The summed E-state index contributed by atoms with van der Waals surface area (Å²) in [7, 11) is 0. The quantitative estimate of drug-likeness (QED) is 0.114. The maximum Gasteiger partial charge on any atom is 0.573 e. The lowest BCUT2D eigenvalue weighted by atomic mass is 9.72. The number of alkyl halides is 6. The molecule has 4 unspecified atom stereocenters. The molecule has 0 bridgehead atoms. The van der Waals surface area contributed by atoms with Crippen molar-refractivity contribution in [3.63, 3.8) is 0 Å². The highest BCUT2D eigenvalue weighted by Crippen LogP contribution is 2.51. The third kappa shape index (κ3) is 9.39. The molecule has 0 radical (unpaired) electrons. The minimum Gasteiger partial charge on any atom is -0.476 e. The van der Waals surface area contributed by atoms with Crippen LogP contribution in [0.2, 0.25) is 0 Å². The van der Waals surface area contributed by atoms with Crippen molar-refractivity contribution < 1.29 is 59.6 Å². The first-order valence-corrected chi connectivity index (χ1v) is 20.1. The van der Waals surface area contributed by atoms with Gasteiger partial charge in [-0.1, -0.05) is 51.0 Å². The van der Waals surface area contributed by atoms with Crippen LogP contribution in [0.25, 0.3) is 0 Å². The van der Waals surface area contributed by atoms with E-state index in [4.69, 9.17) is 18.9 Å². The largest absolute Gasteiger partial charge is 0.573 e. The Hall–Kier alpha value is -5.21. The van der Waals surface area contributed by atoms with Crippen molar-refractivity contribution in [2.45, 2.75) is 131 Å². The Bertz CT molecular complexity index is 2040. The van der Waals surface area contributed by atoms with Crippen molar-refractivity contribution in [3.05, 3.63) is 93.6 Å². The van der Waals surface area contributed by atoms with E-state index >= 15 is 0 Å². The monoisotopic (exact) mass is 844 g/mol. The van der Waals surface area contributed by atoms with E-state index in [1.807, 2.05) is 13.8 Å². The van der Waals surface area contributed by atoms with Gasteiger partial charge in [0.05, 0.1) is 11.4 Å². The number of halogens is 6. The minimum atomic E-state index is -4.85. The molecule has 0 N–H and O–H groups in total. The Balaban J connectivity index is 1.36. The predicted octanol–water partition coefficient (Wildman–Crippen LogP) is 12.7. The van der Waals surface area contributed by atoms with E-state index in [1.165, 1.54) is 24.3 Å². The van der Waals surface area contributed by atoms with Crippen molar-refractivity contribution in [3.8, 4) is 34.5 Å². The summed E-state index contributed by atoms with van der Waals surface area (Å²) in [5.41, 5.74) is 2.19. The van der Waals surface area contributed by atoms with E-state index in [-0.39, 0.29) is 46.3 Å². The fourth-order valence-corrected chi connectivity index (χ4v) is 8.60. The van der Waals surface area contributed by atoms with Crippen LogP contribution in [-0.4, -0.2) is 28.8 Å². The van der Waals surface area contributed by atoms with Crippen molar-refractivity contribution in [1.82, 2.24) is 9.97 Å². The van der Waals surface area contributed by atoms with Gasteiger partial charge in [0.1, 0.15) is 22.7 Å². The van der Waals surface area contributed by atoms with E-state index < -0.39 is 30.1 Å². The molecule has 0 aliphatic heterocycles. The van der Waals surface area contributed by atoms with Gasteiger partial charge in [-0.2, -0.15) is 0 Å². The summed E-state index contributed by atoms with van der Waals surface area (Å²) in [6.07, 6.45) is -4.83. The fraction of sp³-hybridized carbons (Fsp3) is 0.489. The number of aromatic nitrogens is 2. The van der Waals surface area contributed by atoms with Crippen LogP contribution in [0, 0.1) is 53.4 Å². The maximum atomic E-state index is 14.1. The van der Waals surface area contributed by atoms with Crippen LogP contribution >= 0.6 is 0 Å². The third-order valence-corrected chi connectivity index (χ3v) is 12.1. The van der Waals surface area contributed by atoms with Crippen molar-refractivity contribution in [2.24, 2.45) is 11.8 Å². The molecular weight excluding hydrogens is 794 g/mol. The van der Waals surface area contributed by atoms with Crippen LogP contribution < -0.4 is 28.4 Å². The second-order valence-corrected chi connectivity index (χ2v) is 16.0. The number of hydrogen-bond donors (Lipinski definition) is 0. The van der Waals surface area contributed by atoms with Crippen LogP contribution in [0.4, 0.5) is 31.1 Å². The molecule has 0 amide bonds. The van der Waals surface area contributed by atoms with Gasteiger partial charge in [-0.3, -0.25) is 9.97 Å². The summed E-state index contributed by atoms with van der Waals surface area (Å²) in [5.74, 6) is -0.425. The summed E-state index contributed by atoms with van der Waals surface area (Å²) in [5, 5.41) is 0. The van der Waals surface area contributed by atoms with Gasteiger partial charge in [-0.15, -0.1) is 26.3 Å². The molecule has 4 aromatic rings. The zero-order valence-corrected chi connectivity index (χ0v) is 35.0. The normalized spacial score (nSPS) is 22.2. The summed E-state index contributed by atoms with van der Waals surface area (Å²) in [6, 6.07) is 11.3. The second-order valence-electron chi connectivity index (χ2n) is 16.0. The van der Waals surface area contributed by atoms with Gasteiger partial charge in [-0.25, -0.2) is 4.79 Å². The molecule has 0 saturated heterocycles. The number of ether oxygens (including phenoxy) is 6. The number of carbonyl (C=O) groups is 1. The van der Waals surface area contributed by atoms with Crippen LogP contribution in [0.15, 0.2) is 48.5 Å². The lowest BCUT2D eigenvalue weighted by Crippen LogP contribution is -2.42. The molecule has 9 nitrogen and oxygen atoms in total.